The molecule has 3 heteroatoms. The number of ether oxygens (including phenoxy) is 1. The van der Waals surface area contributed by atoms with Gasteiger partial charge in [-0.05, 0) is 41.4 Å². The summed E-state index contributed by atoms with van der Waals surface area (Å²) in [5, 5.41) is 3.32. The van der Waals surface area contributed by atoms with E-state index in [1.165, 1.54) is 0 Å². The molecular weight excluding hydrogens is 254 g/mol. The van der Waals surface area contributed by atoms with E-state index >= 15 is 0 Å². The first-order valence-corrected chi connectivity index (χ1v) is 6.13. The molecule has 0 fully saturated rings. The van der Waals surface area contributed by atoms with Crippen LogP contribution in [0, 0.1) is 0 Å². The third-order valence-corrected chi connectivity index (χ3v) is 2.96. The molecule has 1 aromatic carbocycles. The maximum atomic E-state index is 5.57. The van der Waals surface area contributed by atoms with E-state index in [4.69, 9.17) is 4.74 Å². The lowest BCUT2D eigenvalue weighted by Crippen LogP contribution is -2.14. The van der Waals surface area contributed by atoms with Crippen LogP contribution in [0.25, 0.3) is 0 Å². The van der Waals surface area contributed by atoms with Crippen molar-refractivity contribution in [2.24, 2.45) is 0 Å². The molecule has 1 aromatic rings. The first-order valence-electron chi connectivity index (χ1n) is 5.34. The quantitative estimate of drug-likeness (QED) is 0.798. The SMILES string of the molecule is CCC(C)OCCNc1ccccc1Br. The molecule has 0 heterocycles. The predicted molar refractivity (Wildman–Crippen MR) is 68.3 cm³/mol. The highest BCUT2D eigenvalue weighted by atomic mass is 79.9. The Morgan fingerprint density at radius 2 is 2.13 bits per heavy atom. The maximum absolute atomic E-state index is 5.57. The third kappa shape index (κ3) is 4.67. The predicted octanol–water partition coefficient (Wildman–Crippen LogP) is 3.68. The number of para-hydroxylation sites is 1. The van der Waals surface area contributed by atoms with Gasteiger partial charge < -0.3 is 10.1 Å². The highest BCUT2D eigenvalue weighted by molar-refractivity contribution is 9.10. The van der Waals surface area contributed by atoms with Gasteiger partial charge in [0.1, 0.15) is 0 Å². The summed E-state index contributed by atoms with van der Waals surface area (Å²) in [6.07, 6.45) is 1.42. The monoisotopic (exact) mass is 271 g/mol. The van der Waals surface area contributed by atoms with Crippen LogP contribution < -0.4 is 5.32 Å². The summed E-state index contributed by atoms with van der Waals surface area (Å²) >= 11 is 3.49. The van der Waals surface area contributed by atoms with Gasteiger partial charge in [0, 0.05) is 16.7 Å². The van der Waals surface area contributed by atoms with Gasteiger partial charge >= 0.3 is 0 Å². The number of halogens is 1. The summed E-state index contributed by atoms with van der Waals surface area (Å²) < 4.78 is 6.67. The average molecular weight is 272 g/mol. The van der Waals surface area contributed by atoms with E-state index in [1.54, 1.807) is 0 Å². The van der Waals surface area contributed by atoms with Gasteiger partial charge in [0.05, 0.1) is 12.7 Å². The fraction of sp³-hybridized carbons (Fsp3) is 0.500. The van der Waals surface area contributed by atoms with E-state index in [-0.39, 0.29) is 0 Å². The first-order chi connectivity index (χ1) is 7.24. The number of hydrogen-bond acceptors (Lipinski definition) is 2. The van der Waals surface area contributed by atoms with Crippen LogP contribution >= 0.6 is 15.9 Å². The van der Waals surface area contributed by atoms with E-state index in [0.29, 0.717) is 6.10 Å². The zero-order chi connectivity index (χ0) is 11.1. The first kappa shape index (κ1) is 12.5. The number of benzene rings is 1. The molecule has 0 aliphatic rings. The number of hydrogen-bond donors (Lipinski definition) is 1. The van der Waals surface area contributed by atoms with Crippen molar-refractivity contribution < 1.29 is 4.74 Å². The standard InChI is InChI=1S/C12H18BrNO/c1-3-10(2)15-9-8-14-12-7-5-4-6-11(12)13/h4-7,10,14H,3,8-9H2,1-2H3. The van der Waals surface area contributed by atoms with Gasteiger partial charge in [-0.2, -0.15) is 0 Å². The Labute approximate surface area is 100 Å². The van der Waals surface area contributed by atoms with Crippen LogP contribution in [0.1, 0.15) is 20.3 Å². The Balaban J connectivity index is 2.23. The lowest BCUT2D eigenvalue weighted by molar-refractivity contribution is 0.0713. The molecule has 0 bridgehead atoms. The number of anilines is 1. The second-order valence-corrected chi connectivity index (χ2v) is 4.35. The van der Waals surface area contributed by atoms with Crippen molar-refractivity contribution >= 4 is 21.6 Å². The van der Waals surface area contributed by atoms with Gasteiger partial charge in [-0.3, -0.25) is 0 Å². The van der Waals surface area contributed by atoms with Crippen LogP contribution in [0.3, 0.4) is 0 Å². The van der Waals surface area contributed by atoms with Crippen LogP contribution in [-0.2, 0) is 4.74 Å². The Kier molecular flexibility index (Phi) is 5.73. The van der Waals surface area contributed by atoms with Gasteiger partial charge in [-0.25, -0.2) is 0 Å². The highest BCUT2D eigenvalue weighted by Gasteiger charge is 1.99. The van der Waals surface area contributed by atoms with Gasteiger partial charge in [0.15, 0.2) is 0 Å². The molecule has 1 atom stereocenters. The summed E-state index contributed by atoms with van der Waals surface area (Å²) in [5.74, 6) is 0. The summed E-state index contributed by atoms with van der Waals surface area (Å²) in [6, 6.07) is 8.10. The molecule has 0 amide bonds. The second-order valence-electron chi connectivity index (χ2n) is 3.50. The summed E-state index contributed by atoms with van der Waals surface area (Å²) in [7, 11) is 0. The maximum Gasteiger partial charge on any atom is 0.0642 e. The highest BCUT2D eigenvalue weighted by Crippen LogP contribution is 2.20. The molecule has 1 N–H and O–H groups in total. The van der Waals surface area contributed by atoms with Crippen molar-refractivity contribution in [3.63, 3.8) is 0 Å². The fourth-order valence-electron chi connectivity index (χ4n) is 1.17. The fourth-order valence-corrected chi connectivity index (χ4v) is 1.59. The van der Waals surface area contributed by atoms with Crippen LogP contribution in [0.4, 0.5) is 5.69 Å². The summed E-state index contributed by atoms with van der Waals surface area (Å²) in [5.41, 5.74) is 1.12. The second kappa shape index (κ2) is 6.85. The van der Waals surface area contributed by atoms with Gasteiger partial charge in [0.2, 0.25) is 0 Å². The van der Waals surface area contributed by atoms with Crippen LogP contribution in [0.15, 0.2) is 28.7 Å². The number of nitrogens with one attached hydrogen (secondary N) is 1. The zero-order valence-electron chi connectivity index (χ0n) is 9.29. The molecule has 0 spiro atoms. The van der Waals surface area contributed by atoms with E-state index in [9.17, 15) is 0 Å². The molecule has 0 aliphatic carbocycles. The lowest BCUT2D eigenvalue weighted by atomic mass is 10.3. The average Bonchev–Trinajstić information content (AvgIpc) is 2.26. The van der Waals surface area contributed by atoms with Crippen LogP contribution in [0.5, 0.6) is 0 Å². The Hall–Kier alpha value is -0.540. The van der Waals surface area contributed by atoms with E-state index in [0.717, 1.165) is 29.7 Å². The molecule has 1 rings (SSSR count). The molecular formula is C12H18BrNO. The van der Waals surface area contributed by atoms with Crippen molar-refractivity contribution in [1.82, 2.24) is 0 Å². The largest absolute Gasteiger partial charge is 0.382 e. The van der Waals surface area contributed by atoms with Gasteiger partial charge in [0.25, 0.3) is 0 Å². The van der Waals surface area contributed by atoms with E-state index in [1.807, 2.05) is 24.3 Å². The molecule has 2 nitrogen and oxygen atoms in total. The van der Waals surface area contributed by atoms with E-state index < -0.39 is 0 Å². The minimum Gasteiger partial charge on any atom is -0.382 e. The Morgan fingerprint density at radius 1 is 1.40 bits per heavy atom. The van der Waals surface area contributed by atoms with Crippen molar-refractivity contribution in [3.05, 3.63) is 28.7 Å². The minimum atomic E-state index is 0.353. The molecule has 0 saturated heterocycles. The molecule has 15 heavy (non-hydrogen) atoms. The molecule has 84 valence electrons. The van der Waals surface area contributed by atoms with Crippen molar-refractivity contribution in [2.45, 2.75) is 26.4 Å². The van der Waals surface area contributed by atoms with Crippen LogP contribution in [-0.4, -0.2) is 19.3 Å². The molecule has 0 aromatic heterocycles. The Bertz CT molecular complexity index is 291. The van der Waals surface area contributed by atoms with Crippen LogP contribution in [0.2, 0.25) is 0 Å². The molecule has 0 radical (unpaired) electrons. The van der Waals surface area contributed by atoms with Crippen molar-refractivity contribution in [1.29, 1.82) is 0 Å². The smallest absolute Gasteiger partial charge is 0.0642 e. The Morgan fingerprint density at radius 3 is 2.80 bits per heavy atom. The summed E-state index contributed by atoms with van der Waals surface area (Å²) in [6.45, 7) is 5.81. The third-order valence-electron chi connectivity index (χ3n) is 2.27. The zero-order valence-corrected chi connectivity index (χ0v) is 10.9. The minimum absolute atomic E-state index is 0.353. The lowest BCUT2D eigenvalue weighted by Gasteiger charge is -2.12. The normalized spacial score (nSPS) is 12.5. The van der Waals surface area contributed by atoms with Crippen molar-refractivity contribution in [2.75, 3.05) is 18.5 Å². The van der Waals surface area contributed by atoms with Gasteiger partial charge in [-0.1, -0.05) is 19.1 Å². The van der Waals surface area contributed by atoms with Crippen molar-refractivity contribution in [3.8, 4) is 0 Å². The molecule has 0 saturated carbocycles. The van der Waals surface area contributed by atoms with E-state index in [2.05, 4.69) is 35.1 Å². The van der Waals surface area contributed by atoms with Gasteiger partial charge in [-0.15, -0.1) is 0 Å². The summed E-state index contributed by atoms with van der Waals surface area (Å²) in [4.78, 5) is 0. The topological polar surface area (TPSA) is 21.3 Å². The molecule has 1 unspecified atom stereocenters. The number of rotatable bonds is 6. The molecule has 0 aliphatic heterocycles.